The summed E-state index contributed by atoms with van der Waals surface area (Å²) in [6, 6.07) is 11.7. The Morgan fingerprint density at radius 3 is 2.42 bits per heavy atom. The van der Waals surface area contributed by atoms with Crippen LogP contribution in [-0.2, 0) is 6.54 Å². The van der Waals surface area contributed by atoms with Crippen LogP contribution in [0.15, 0.2) is 48.5 Å². The van der Waals surface area contributed by atoms with Crippen molar-refractivity contribution in [1.29, 1.82) is 0 Å². The third-order valence-corrected chi connectivity index (χ3v) is 3.30. The zero-order valence-corrected chi connectivity index (χ0v) is 13.4. The van der Waals surface area contributed by atoms with Crippen molar-refractivity contribution in [2.75, 3.05) is 12.4 Å². The lowest BCUT2D eigenvalue weighted by molar-refractivity contribution is -0.274. The van der Waals surface area contributed by atoms with Crippen LogP contribution in [0.5, 0.6) is 5.75 Å². The molecule has 0 saturated carbocycles. The monoisotopic (exact) mass is 358 g/mol. The molecule has 0 unspecified atom stereocenters. The molecule has 0 radical (unpaired) electrons. The van der Waals surface area contributed by atoms with Crippen LogP contribution in [0.1, 0.15) is 5.56 Å². The number of hydrogen-bond acceptors (Lipinski definition) is 2. The number of nitrogens with zero attached hydrogens (tertiary/aromatic N) is 1. The van der Waals surface area contributed by atoms with Crippen molar-refractivity contribution in [2.24, 2.45) is 0 Å². The maximum absolute atomic E-state index is 12.4. The smallest absolute Gasteiger partial charge is 0.405 e. The first kappa shape index (κ1) is 17.9. The molecule has 2 rings (SSSR count). The van der Waals surface area contributed by atoms with E-state index in [1.54, 1.807) is 30.3 Å². The van der Waals surface area contributed by atoms with E-state index in [1.807, 2.05) is 0 Å². The summed E-state index contributed by atoms with van der Waals surface area (Å²) in [5.41, 5.74) is 0.764. The number of carbonyl (C=O) groups is 1. The third kappa shape index (κ3) is 5.34. The minimum absolute atomic E-state index is 0.0499. The van der Waals surface area contributed by atoms with Gasteiger partial charge in [0, 0.05) is 23.3 Å². The van der Waals surface area contributed by atoms with Crippen LogP contribution in [0, 0.1) is 0 Å². The highest BCUT2D eigenvalue weighted by molar-refractivity contribution is 6.30. The van der Waals surface area contributed by atoms with E-state index in [2.05, 4.69) is 10.1 Å². The highest BCUT2D eigenvalue weighted by Crippen LogP contribution is 2.27. The van der Waals surface area contributed by atoms with E-state index in [1.165, 1.54) is 30.1 Å². The van der Waals surface area contributed by atoms with Crippen LogP contribution in [0.25, 0.3) is 0 Å². The lowest BCUT2D eigenvalue weighted by Crippen LogP contribution is -2.31. The number of nitrogens with one attached hydrogen (secondary N) is 1. The number of benzene rings is 2. The number of urea groups is 1. The van der Waals surface area contributed by atoms with Gasteiger partial charge >= 0.3 is 12.4 Å². The summed E-state index contributed by atoms with van der Waals surface area (Å²) >= 11 is 5.76. The summed E-state index contributed by atoms with van der Waals surface area (Å²) in [6.07, 6.45) is -4.79. The van der Waals surface area contributed by atoms with Gasteiger partial charge in [0.2, 0.25) is 0 Å². The van der Waals surface area contributed by atoms with Gasteiger partial charge in [-0.05, 0) is 30.3 Å². The number of alkyl halides is 3. The molecule has 24 heavy (non-hydrogen) atoms. The molecule has 0 aliphatic carbocycles. The number of ether oxygens (including phenoxy) is 1. The molecule has 0 saturated heterocycles. The quantitative estimate of drug-likeness (QED) is 0.844. The fraction of sp³-hybridized carbons (Fsp3) is 0.188. The topological polar surface area (TPSA) is 41.6 Å². The zero-order valence-electron chi connectivity index (χ0n) is 12.6. The molecule has 1 N–H and O–H groups in total. The first-order chi connectivity index (χ1) is 11.2. The maximum Gasteiger partial charge on any atom is 0.573 e. The van der Waals surface area contributed by atoms with Gasteiger partial charge in [-0.1, -0.05) is 29.8 Å². The fourth-order valence-corrected chi connectivity index (χ4v) is 2.06. The average molecular weight is 359 g/mol. The number of amides is 2. The minimum Gasteiger partial charge on any atom is -0.405 e. The van der Waals surface area contributed by atoms with Crippen molar-refractivity contribution in [3.8, 4) is 5.75 Å². The molecule has 0 atom stereocenters. The van der Waals surface area contributed by atoms with Gasteiger partial charge in [0.15, 0.2) is 0 Å². The van der Waals surface area contributed by atoms with Gasteiger partial charge in [-0.25, -0.2) is 4.79 Å². The molecule has 0 heterocycles. The number of halogens is 4. The third-order valence-electron chi connectivity index (χ3n) is 3.05. The lowest BCUT2D eigenvalue weighted by atomic mass is 10.2. The molecule has 2 aromatic rings. The van der Waals surface area contributed by atoms with Crippen molar-refractivity contribution in [3.63, 3.8) is 0 Å². The number of hydrogen-bond donors (Lipinski definition) is 1. The highest BCUT2D eigenvalue weighted by atomic mass is 35.5. The van der Waals surface area contributed by atoms with Gasteiger partial charge < -0.3 is 15.0 Å². The molecule has 2 amide bonds. The van der Waals surface area contributed by atoms with Crippen LogP contribution in [0.2, 0.25) is 5.02 Å². The zero-order chi connectivity index (χ0) is 17.7. The Labute approximate surface area is 141 Å². The van der Waals surface area contributed by atoms with Gasteiger partial charge in [0.05, 0.1) is 6.54 Å². The number of carbonyl (C=O) groups excluding carboxylic acids is 1. The van der Waals surface area contributed by atoms with Crippen molar-refractivity contribution < 1.29 is 22.7 Å². The van der Waals surface area contributed by atoms with Gasteiger partial charge in [0.25, 0.3) is 0 Å². The normalized spacial score (nSPS) is 11.0. The van der Waals surface area contributed by atoms with E-state index in [0.29, 0.717) is 10.7 Å². The lowest BCUT2D eigenvalue weighted by Gasteiger charge is -2.20. The van der Waals surface area contributed by atoms with E-state index < -0.39 is 12.4 Å². The predicted octanol–water partition coefficient (Wildman–Crippen LogP) is 4.90. The highest BCUT2D eigenvalue weighted by Gasteiger charge is 2.32. The molecule has 0 aromatic heterocycles. The fourth-order valence-electron chi connectivity index (χ4n) is 1.94. The molecule has 0 aliphatic rings. The first-order valence-corrected chi connectivity index (χ1v) is 7.24. The summed E-state index contributed by atoms with van der Waals surface area (Å²) in [6.45, 7) is -0.0499. The Bertz CT molecular complexity index is 705. The Balaban J connectivity index is 2.05. The predicted molar refractivity (Wildman–Crippen MR) is 85.1 cm³/mol. The van der Waals surface area contributed by atoms with Gasteiger partial charge in [0.1, 0.15) is 5.75 Å². The van der Waals surface area contributed by atoms with Crippen LogP contribution in [-0.4, -0.2) is 24.3 Å². The summed E-state index contributed by atoms with van der Waals surface area (Å²) in [7, 11) is 1.47. The molecule has 0 fully saturated rings. The summed E-state index contributed by atoms with van der Waals surface area (Å²) in [4.78, 5) is 13.4. The van der Waals surface area contributed by atoms with Crippen LogP contribution in [0.4, 0.5) is 23.7 Å². The number of para-hydroxylation sites is 1. The Morgan fingerprint density at radius 1 is 1.17 bits per heavy atom. The Kier molecular flexibility index (Phi) is 5.56. The molecule has 4 nitrogen and oxygen atoms in total. The Morgan fingerprint density at radius 2 is 1.79 bits per heavy atom. The SMILES string of the molecule is CN(Cc1ccccc1OC(F)(F)F)C(=O)Nc1ccc(Cl)cc1. The van der Waals surface area contributed by atoms with Gasteiger partial charge in [-0.3, -0.25) is 0 Å². The van der Waals surface area contributed by atoms with Crippen LogP contribution in [0.3, 0.4) is 0 Å². The molecule has 2 aromatic carbocycles. The van der Waals surface area contributed by atoms with E-state index in [0.717, 1.165) is 0 Å². The van der Waals surface area contributed by atoms with E-state index in [-0.39, 0.29) is 17.9 Å². The van der Waals surface area contributed by atoms with E-state index in [4.69, 9.17) is 11.6 Å². The first-order valence-electron chi connectivity index (χ1n) is 6.86. The molecule has 128 valence electrons. The standard InChI is InChI=1S/C16H14ClF3N2O2/c1-22(15(23)21-13-8-6-12(17)7-9-13)10-11-4-2-3-5-14(11)24-16(18,19)20/h2-9H,10H2,1H3,(H,21,23). The van der Waals surface area contributed by atoms with Crippen molar-refractivity contribution in [2.45, 2.75) is 12.9 Å². The molecule has 0 aliphatic heterocycles. The molecule has 0 spiro atoms. The van der Waals surface area contributed by atoms with E-state index >= 15 is 0 Å². The summed E-state index contributed by atoms with van der Waals surface area (Å²) in [5.74, 6) is -0.337. The second-order valence-corrected chi connectivity index (χ2v) is 5.39. The largest absolute Gasteiger partial charge is 0.573 e. The van der Waals surface area contributed by atoms with Gasteiger partial charge in [-0.15, -0.1) is 13.2 Å². The van der Waals surface area contributed by atoms with Gasteiger partial charge in [-0.2, -0.15) is 0 Å². The average Bonchev–Trinajstić information content (AvgIpc) is 2.50. The maximum atomic E-state index is 12.4. The molecule has 8 heteroatoms. The molecule has 0 bridgehead atoms. The van der Waals surface area contributed by atoms with Crippen LogP contribution < -0.4 is 10.1 Å². The second-order valence-electron chi connectivity index (χ2n) is 4.95. The Hall–Kier alpha value is -2.41. The van der Waals surface area contributed by atoms with Crippen molar-refractivity contribution in [3.05, 3.63) is 59.1 Å². The van der Waals surface area contributed by atoms with E-state index in [9.17, 15) is 18.0 Å². The summed E-state index contributed by atoms with van der Waals surface area (Å²) < 4.78 is 41.2. The summed E-state index contributed by atoms with van der Waals surface area (Å²) in [5, 5.41) is 3.15. The number of rotatable bonds is 4. The minimum atomic E-state index is -4.79. The second kappa shape index (κ2) is 7.44. The van der Waals surface area contributed by atoms with Crippen molar-refractivity contribution in [1.82, 2.24) is 4.90 Å². The number of anilines is 1. The molecular weight excluding hydrogens is 345 g/mol. The van der Waals surface area contributed by atoms with Crippen LogP contribution >= 0.6 is 11.6 Å². The van der Waals surface area contributed by atoms with Crippen molar-refractivity contribution >= 4 is 23.3 Å². The molecular formula is C16H14ClF3N2O2.